The van der Waals surface area contributed by atoms with Crippen molar-refractivity contribution in [1.82, 2.24) is 18.9 Å². The van der Waals surface area contributed by atoms with E-state index < -0.39 is 0 Å². The molecule has 0 saturated carbocycles. The van der Waals surface area contributed by atoms with Crippen molar-refractivity contribution in [3.05, 3.63) is 48.2 Å². The maximum absolute atomic E-state index is 11.7. The maximum Gasteiger partial charge on any atom is 0.341 e. The van der Waals surface area contributed by atoms with E-state index >= 15 is 0 Å². The second-order valence-electron chi connectivity index (χ2n) is 4.49. The number of carbonyl (C=O) groups is 1. The van der Waals surface area contributed by atoms with E-state index in [1.54, 1.807) is 30.1 Å². The van der Waals surface area contributed by atoms with Crippen molar-refractivity contribution in [1.29, 1.82) is 0 Å². The molecule has 7 heteroatoms. The van der Waals surface area contributed by atoms with E-state index in [1.165, 1.54) is 7.11 Å². The van der Waals surface area contributed by atoms with Gasteiger partial charge >= 0.3 is 5.97 Å². The van der Waals surface area contributed by atoms with Crippen LogP contribution in [-0.4, -0.2) is 32.0 Å². The Labute approximate surface area is 125 Å². The van der Waals surface area contributed by atoms with Crippen LogP contribution < -0.4 is 0 Å². The van der Waals surface area contributed by atoms with Crippen LogP contribution >= 0.6 is 11.8 Å². The number of aryl methyl sites for hydroxylation is 1. The second kappa shape index (κ2) is 5.61. The number of pyridine rings is 1. The molecule has 21 heavy (non-hydrogen) atoms. The zero-order chi connectivity index (χ0) is 14.8. The van der Waals surface area contributed by atoms with E-state index in [-0.39, 0.29) is 5.97 Å². The third-order valence-electron chi connectivity index (χ3n) is 3.06. The van der Waals surface area contributed by atoms with Gasteiger partial charge in [0.15, 0.2) is 10.8 Å². The van der Waals surface area contributed by atoms with Crippen LogP contribution in [0.25, 0.3) is 5.65 Å². The fourth-order valence-electron chi connectivity index (χ4n) is 2.03. The van der Waals surface area contributed by atoms with Gasteiger partial charge in [-0.15, -0.1) is 0 Å². The Kier molecular flexibility index (Phi) is 3.66. The van der Waals surface area contributed by atoms with Gasteiger partial charge in [-0.05, 0) is 12.1 Å². The lowest BCUT2D eigenvalue weighted by Gasteiger charge is -2.00. The van der Waals surface area contributed by atoms with Crippen molar-refractivity contribution in [2.24, 2.45) is 7.05 Å². The molecule has 3 rings (SSSR count). The average Bonchev–Trinajstić information content (AvgIpc) is 3.09. The normalized spacial score (nSPS) is 11.0. The third kappa shape index (κ3) is 2.64. The van der Waals surface area contributed by atoms with Gasteiger partial charge in [0.25, 0.3) is 0 Å². The van der Waals surface area contributed by atoms with Crippen LogP contribution in [0.1, 0.15) is 16.1 Å². The lowest BCUT2D eigenvalue weighted by Crippen LogP contribution is -2.03. The molecule has 0 N–H and O–H groups in total. The summed E-state index contributed by atoms with van der Waals surface area (Å²) in [7, 11) is 3.32. The summed E-state index contributed by atoms with van der Waals surface area (Å²) < 4.78 is 8.57. The van der Waals surface area contributed by atoms with Crippen molar-refractivity contribution in [2.75, 3.05) is 7.11 Å². The molecule has 0 unspecified atom stereocenters. The molecule has 0 aliphatic carbocycles. The van der Waals surface area contributed by atoms with Gasteiger partial charge < -0.3 is 13.7 Å². The Morgan fingerprint density at radius 1 is 1.43 bits per heavy atom. The average molecular weight is 302 g/mol. The molecule has 3 aromatic rings. The lowest BCUT2D eigenvalue weighted by molar-refractivity contribution is 0.0602. The van der Waals surface area contributed by atoms with Crippen LogP contribution in [0.15, 0.2) is 42.1 Å². The molecule has 0 spiro atoms. The summed E-state index contributed by atoms with van der Waals surface area (Å²) in [6.45, 7) is 0. The number of thioether (sulfide) groups is 1. The van der Waals surface area contributed by atoms with Crippen LogP contribution in [0.4, 0.5) is 0 Å². The molecular weight excluding hydrogens is 288 g/mol. The molecule has 0 fully saturated rings. The number of nitrogens with zero attached hydrogens (tertiary/aromatic N) is 4. The number of rotatable bonds is 4. The lowest BCUT2D eigenvalue weighted by atomic mass is 10.3. The first-order valence-electron chi connectivity index (χ1n) is 6.34. The number of hydrogen-bond acceptors (Lipinski definition) is 5. The largest absolute Gasteiger partial charge is 0.465 e. The SMILES string of the molecule is COC(=O)c1cccn2cc(CSc3nccn3C)nc12. The summed E-state index contributed by atoms with van der Waals surface area (Å²) in [5.41, 5.74) is 1.97. The van der Waals surface area contributed by atoms with Crippen molar-refractivity contribution < 1.29 is 9.53 Å². The highest BCUT2D eigenvalue weighted by Crippen LogP contribution is 2.21. The van der Waals surface area contributed by atoms with E-state index in [0.29, 0.717) is 17.0 Å². The van der Waals surface area contributed by atoms with Gasteiger partial charge in [-0.2, -0.15) is 0 Å². The van der Waals surface area contributed by atoms with Crippen molar-refractivity contribution in [2.45, 2.75) is 10.9 Å². The summed E-state index contributed by atoms with van der Waals surface area (Å²) >= 11 is 1.60. The van der Waals surface area contributed by atoms with Crippen molar-refractivity contribution in [3.63, 3.8) is 0 Å². The number of carbonyl (C=O) groups excluding carboxylic acids is 1. The van der Waals surface area contributed by atoms with E-state index in [2.05, 4.69) is 9.97 Å². The molecular formula is C14H14N4O2S. The number of imidazole rings is 2. The fourth-order valence-corrected chi connectivity index (χ4v) is 2.85. The van der Waals surface area contributed by atoms with E-state index in [1.807, 2.05) is 34.6 Å². The molecule has 0 aliphatic heterocycles. The molecule has 0 saturated heterocycles. The van der Waals surface area contributed by atoms with Crippen LogP contribution in [0, 0.1) is 0 Å². The predicted octanol–water partition coefficient (Wildman–Crippen LogP) is 2.15. The number of fused-ring (bicyclic) bond motifs is 1. The second-order valence-corrected chi connectivity index (χ2v) is 5.43. The highest BCUT2D eigenvalue weighted by molar-refractivity contribution is 7.98. The number of ether oxygens (including phenoxy) is 1. The molecule has 6 nitrogen and oxygen atoms in total. The van der Waals surface area contributed by atoms with E-state index in [0.717, 1.165) is 10.9 Å². The standard InChI is InChI=1S/C14H14N4O2S/c1-17-7-5-15-14(17)21-9-10-8-18-6-3-4-11(12(18)16-10)13(19)20-2/h3-8H,9H2,1-2H3. The Morgan fingerprint density at radius 3 is 3.00 bits per heavy atom. The van der Waals surface area contributed by atoms with Gasteiger partial charge in [0.05, 0.1) is 12.8 Å². The fraction of sp³-hybridized carbons (Fsp3) is 0.214. The van der Waals surface area contributed by atoms with Crippen molar-refractivity contribution >= 4 is 23.4 Å². The highest BCUT2D eigenvalue weighted by Gasteiger charge is 2.13. The van der Waals surface area contributed by atoms with Crippen LogP contribution in [0.2, 0.25) is 0 Å². The molecule has 3 aromatic heterocycles. The van der Waals surface area contributed by atoms with Crippen LogP contribution in [0.5, 0.6) is 0 Å². The Balaban J connectivity index is 1.87. The van der Waals surface area contributed by atoms with E-state index in [9.17, 15) is 4.79 Å². The third-order valence-corrected chi connectivity index (χ3v) is 4.16. The van der Waals surface area contributed by atoms with Gasteiger partial charge in [0.2, 0.25) is 0 Å². The first-order chi connectivity index (χ1) is 10.2. The van der Waals surface area contributed by atoms with Crippen LogP contribution in [-0.2, 0) is 17.5 Å². The quantitative estimate of drug-likeness (QED) is 0.546. The minimum Gasteiger partial charge on any atom is -0.465 e. The molecule has 0 bridgehead atoms. The summed E-state index contributed by atoms with van der Waals surface area (Å²) in [6, 6.07) is 3.51. The number of hydrogen-bond donors (Lipinski definition) is 0. The minimum absolute atomic E-state index is 0.380. The highest BCUT2D eigenvalue weighted by atomic mass is 32.2. The van der Waals surface area contributed by atoms with Gasteiger partial charge in [0, 0.05) is 37.6 Å². The molecule has 0 aliphatic rings. The van der Waals surface area contributed by atoms with E-state index in [4.69, 9.17) is 4.74 Å². The Hall–Kier alpha value is -2.28. The van der Waals surface area contributed by atoms with Gasteiger partial charge in [-0.25, -0.2) is 14.8 Å². The molecule has 3 heterocycles. The molecule has 0 radical (unpaired) electrons. The topological polar surface area (TPSA) is 61.4 Å². The first-order valence-corrected chi connectivity index (χ1v) is 7.32. The Bertz CT molecular complexity index is 793. The van der Waals surface area contributed by atoms with Gasteiger partial charge in [0.1, 0.15) is 5.56 Å². The molecule has 0 amide bonds. The number of esters is 1. The van der Waals surface area contributed by atoms with Gasteiger partial charge in [-0.1, -0.05) is 11.8 Å². The number of aromatic nitrogens is 4. The van der Waals surface area contributed by atoms with Crippen LogP contribution in [0.3, 0.4) is 0 Å². The minimum atomic E-state index is -0.380. The number of methoxy groups -OCH3 is 1. The smallest absolute Gasteiger partial charge is 0.341 e. The summed E-state index contributed by atoms with van der Waals surface area (Å²) in [5, 5.41) is 0.931. The molecule has 108 valence electrons. The summed E-state index contributed by atoms with van der Waals surface area (Å²) in [6.07, 6.45) is 7.45. The first kappa shape index (κ1) is 13.7. The molecule has 0 atom stereocenters. The van der Waals surface area contributed by atoms with Crippen molar-refractivity contribution in [3.8, 4) is 0 Å². The summed E-state index contributed by atoms with van der Waals surface area (Å²) in [5.74, 6) is 0.308. The monoisotopic (exact) mass is 302 g/mol. The predicted molar refractivity (Wildman–Crippen MR) is 79.3 cm³/mol. The van der Waals surface area contributed by atoms with Gasteiger partial charge in [-0.3, -0.25) is 0 Å². The summed E-state index contributed by atoms with van der Waals surface area (Å²) in [4.78, 5) is 20.5. The molecule has 0 aromatic carbocycles. The zero-order valence-electron chi connectivity index (χ0n) is 11.7. The Morgan fingerprint density at radius 2 is 2.29 bits per heavy atom. The maximum atomic E-state index is 11.7. The zero-order valence-corrected chi connectivity index (χ0v) is 12.5.